The van der Waals surface area contributed by atoms with Crippen molar-refractivity contribution in [3.63, 3.8) is 0 Å². The van der Waals surface area contributed by atoms with E-state index in [1.165, 1.54) is 17.8 Å². The third-order valence-electron chi connectivity index (χ3n) is 1.20. The van der Waals surface area contributed by atoms with Crippen molar-refractivity contribution in [2.75, 3.05) is 0 Å². The topological polar surface area (TPSA) is 48.2 Å². The number of ether oxygens (including phenoxy) is 1. The molecule has 2 heterocycles. The number of nitrogens with zero attached hydrogens (tertiary/aromatic N) is 2. The smallest absolute Gasteiger partial charge is 0.232 e. The van der Waals surface area contributed by atoms with Gasteiger partial charge in [0, 0.05) is 0 Å². The zero-order valence-corrected chi connectivity index (χ0v) is 6.87. The van der Waals surface area contributed by atoms with Crippen LogP contribution in [0.5, 0.6) is 5.75 Å². The summed E-state index contributed by atoms with van der Waals surface area (Å²) in [5, 5.41) is 1.77. The fourth-order valence-electron chi connectivity index (χ4n) is 0.702. The maximum Gasteiger partial charge on any atom is 0.232 e. The van der Waals surface area contributed by atoms with Crippen molar-refractivity contribution in [1.29, 1.82) is 0 Å². The van der Waals surface area contributed by atoms with E-state index in [2.05, 4.69) is 15.6 Å². The molecule has 0 aliphatic carbocycles. The standard InChI is InChI=1S/C7H5N2O2S/c1-2-10-7(8-1)4-11-6-3-9-12-5-6/h1-2,5H,4H2. The summed E-state index contributed by atoms with van der Waals surface area (Å²) in [5.74, 6) is 1.17. The summed E-state index contributed by atoms with van der Waals surface area (Å²) in [5.41, 5.74) is 0. The molecule has 2 rings (SSSR count). The third kappa shape index (κ3) is 1.62. The molecule has 0 aliphatic rings. The average molecular weight is 181 g/mol. The number of aromatic nitrogens is 2. The first-order valence-corrected chi connectivity index (χ1v) is 4.12. The second-order valence-corrected chi connectivity index (χ2v) is 2.63. The lowest BCUT2D eigenvalue weighted by Crippen LogP contribution is -1.93. The molecule has 2 aromatic heterocycles. The number of hydrogen-bond acceptors (Lipinski definition) is 5. The molecular weight excluding hydrogens is 176 g/mol. The summed E-state index contributed by atoms with van der Waals surface area (Å²) in [4.78, 5) is 3.89. The summed E-state index contributed by atoms with van der Waals surface area (Å²) in [6.07, 6.45) is 5.76. The molecule has 0 aliphatic heterocycles. The Bertz CT molecular complexity index is 283. The summed E-state index contributed by atoms with van der Waals surface area (Å²) < 4.78 is 14.0. The molecule has 5 heteroatoms. The van der Waals surface area contributed by atoms with E-state index >= 15 is 0 Å². The Balaban J connectivity index is 1.91. The summed E-state index contributed by atoms with van der Waals surface area (Å²) in [6.45, 7) is 0.321. The van der Waals surface area contributed by atoms with Gasteiger partial charge in [0.05, 0.1) is 11.6 Å². The van der Waals surface area contributed by atoms with Gasteiger partial charge < -0.3 is 9.15 Å². The Morgan fingerprint density at radius 2 is 2.67 bits per heavy atom. The lowest BCUT2D eigenvalue weighted by Gasteiger charge is -1.96. The fourth-order valence-corrected chi connectivity index (χ4v) is 1.11. The normalized spacial score (nSPS) is 10.0. The van der Waals surface area contributed by atoms with Crippen molar-refractivity contribution in [1.82, 2.24) is 9.36 Å². The highest BCUT2D eigenvalue weighted by atomic mass is 32.1. The number of rotatable bonds is 3. The Morgan fingerprint density at radius 1 is 1.67 bits per heavy atom. The molecule has 61 valence electrons. The molecule has 0 atom stereocenters. The van der Waals surface area contributed by atoms with Gasteiger partial charge in [0.25, 0.3) is 0 Å². The maximum absolute atomic E-state index is 5.23. The van der Waals surface area contributed by atoms with Crippen LogP contribution in [0, 0.1) is 6.20 Å². The quantitative estimate of drug-likeness (QED) is 0.720. The van der Waals surface area contributed by atoms with Gasteiger partial charge in [0.2, 0.25) is 5.89 Å². The van der Waals surface area contributed by atoms with E-state index in [-0.39, 0.29) is 0 Å². The average Bonchev–Trinajstić information content (AvgIpc) is 2.74. The van der Waals surface area contributed by atoms with Crippen LogP contribution in [0.1, 0.15) is 5.89 Å². The van der Waals surface area contributed by atoms with E-state index < -0.39 is 0 Å². The van der Waals surface area contributed by atoms with Gasteiger partial charge in [0.1, 0.15) is 12.5 Å². The van der Waals surface area contributed by atoms with Crippen LogP contribution in [0.25, 0.3) is 0 Å². The van der Waals surface area contributed by atoms with E-state index in [0.29, 0.717) is 18.2 Å². The molecule has 0 saturated heterocycles. The molecule has 12 heavy (non-hydrogen) atoms. The molecule has 0 N–H and O–H groups in total. The first-order valence-electron chi connectivity index (χ1n) is 3.28. The Hall–Kier alpha value is -1.36. The highest BCUT2D eigenvalue weighted by molar-refractivity contribution is 7.03. The SMILES string of the molecule is [c]1nscc1OCc1ncco1. The highest BCUT2D eigenvalue weighted by Gasteiger charge is 1.99. The monoisotopic (exact) mass is 181 g/mol. The van der Waals surface area contributed by atoms with Crippen LogP contribution in [-0.4, -0.2) is 9.36 Å². The summed E-state index contributed by atoms with van der Waals surface area (Å²) >= 11 is 1.30. The molecule has 0 amide bonds. The lowest BCUT2D eigenvalue weighted by molar-refractivity contribution is 0.263. The third-order valence-corrected chi connectivity index (χ3v) is 1.72. The van der Waals surface area contributed by atoms with Gasteiger partial charge in [-0.05, 0) is 11.5 Å². The van der Waals surface area contributed by atoms with Gasteiger partial charge in [-0.3, -0.25) is 0 Å². The first-order chi connectivity index (χ1) is 5.95. The van der Waals surface area contributed by atoms with Crippen molar-refractivity contribution in [3.05, 3.63) is 29.9 Å². The van der Waals surface area contributed by atoms with E-state index in [1.54, 1.807) is 11.6 Å². The molecular formula is C7H5N2O2S. The zero-order valence-electron chi connectivity index (χ0n) is 6.06. The van der Waals surface area contributed by atoms with Crippen LogP contribution >= 0.6 is 11.5 Å². The van der Waals surface area contributed by atoms with Crippen molar-refractivity contribution in [3.8, 4) is 5.75 Å². The number of hydrogen-bond donors (Lipinski definition) is 0. The molecule has 4 nitrogen and oxygen atoms in total. The second kappa shape index (κ2) is 3.36. The van der Waals surface area contributed by atoms with Gasteiger partial charge in [-0.2, -0.15) is 4.37 Å². The van der Waals surface area contributed by atoms with Crippen molar-refractivity contribution in [2.24, 2.45) is 0 Å². The Labute approximate surface area is 73.0 Å². The van der Waals surface area contributed by atoms with E-state index in [1.807, 2.05) is 0 Å². The predicted molar refractivity (Wildman–Crippen MR) is 41.8 cm³/mol. The van der Waals surface area contributed by atoms with Crippen molar-refractivity contribution >= 4 is 11.5 Å². The molecule has 1 radical (unpaired) electrons. The van der Waals surface area contributed by atoms with E-state index in [9.17, 15) is 0 Å². The van der Waals surface area contributed by atoms with Gasteiger partial charge in [-0.1, -0.05) is 0 Å². The van der Waals surface area contributed by atoms with Crippen LogP contribution in [0.3, 0.4) is 0 Å². The van der Waals surface area contributed by atoms with Gasteiger partial charge in [-0.25, -0.2) is 4.98 Å². The summed E-state index contributed by atoms with van der Waals surface area (Å²) in [6, 6.07) is 0. The lowest BCUT2D eigenvalue weighted by atomic mass is 10.6. The maximum atomic E-state index is 5.23. The Kier molecular flexibility index (Phi) is 2.04. The summed E-state index contributed by atoms with van der Waals surface area (Å²) in [7, 11) is 0. The minimum Gasteiger partial charge on any atom is -0.481 e. The van der Waals surface area contributed by atoms with Crippen LogP contribution in [0.2, 0.25) is 0 Å². The molecule has 2 aromatic rings. The van der Waals surface area contributed by atoms with Gasteiger partial charge in [-0.15, -0.1) is 0 Å². The minimum atomic E-state index is 0.321. The predicted octanol–water partition coefficient (Wildman–Crippen LogP) is 1.51. The van der Waals surface area contributed by atoms with Crippen LogP contribution in [0.4, 0.5) is 0 Å². The molecule has 0 fully saturated rings. The van der Waals surface area contributed by atoms with Crippen LogP contribution in [-0.2, 0) is 6.61 Å². The molecule has 0 spiro atoms. The molecule has 0 unspecified atom stereocenters. The highest BCUT2D eigenvalue weighted by Crippen LogP contribution is 2.11. The van der Waals surface area contributed by atoms with Crippen molar-refractivity contribution < 1.29 is 9.15 Å². The molecule has 0 saturated carbocycles. The first kappa shape index (κ1) is 7.30. The zero-order chi connectivity index (χ0) is 8.23. The molecule has 0 aromatic carbocycles. The largest absolute Gasteiger partial charge is 0.481 e. The van der Waals surface area contributed by atoms with Crippen LogP contribution in [0.15, 0.2) is 22.3 Å². The molecule has 0 bridgehead atoms. The van der Waals surface area contributed by atoms with Crippen LogP contribution < -0.4 is 4.74 Å². The second-order valence-electron chi connectivity index (χ2n) is 2.01. The minimum absolute atomic E-state index is 0.321. The van der Waals surface area contributed by atoms with Gasteiger partial charge >= 0.3 is 0 Å². The Morgan fingerprint density at radius 3 is 3.33 bits per heavy atom. The van der Waals surface area contributed by atoms with Crippen molar-refractivity contribution in [2.45, 2.75) is 6.61 Å². The number of oxazole rings is 1. The fraction of sp³-hybridized carbons (Fsp3) is 0.143. The van der Waals surface area contributed by atoms with E-state index in [4.69, 9.17) is 9.15 Å². The van der Waals surface area contributed by atoms with Gasteiger partial charge in [0.15, 0.2) is 12.4 Å². The van der Waals surface area contributed by atoms with E-state index in [0.717, 1.165) is 0 Å².